The van der Waals surface area contributed by atoms with Crippen LogP contribution in [0.15, 0.2) is 18.3 Å². The Kier molecular flexibility index (Phi) is 10.8. The molecule has 38 heavy (non-hydrogen) atoms. The number of hydrogen-bond donors (Lipinski definition) is 1. The average Bonchev–Trinajstić information content (AvgIpc) is 3.59. The molecule has 1 unspecified atom stereocenters. The molecular weight excluding hydrogens is 496 g/mol. The van der Waals surface area contributed by atoms with E-state index in [1.54, 1.807) is 0 Å². The molecule has 5 rings (SSSR count). The summed E-state index contributed by atoms with van der Waals surface area (Å²) in [6.07, 6.45) is 15.2. The first-order valence-electron chi connectivity index (χ1n) is 15.0. The second-order valence-corrected chi connectivity index (χ2v) is 12.3. The van der Waals surface area contributed by atoms with Crippen LogP contribution < -0.4 is 10.1 Å². The van der Waals surface area contributed by atoms with Crippen molar-refractivity contribution in [2.45, 2.75) is 89.7 Å². The Hall–Kier alpha value is -1.58. The van der Waals surface area contributed by atoms with Crippen LogP contribution in [0.4, 0.5) is 0 Å². The molecule has 2 fully saturated rings. The van der Waals surface area contributed by atoms with Gasteiger partial charge in [-0.25, -0.2) is 9.97 Å². The lowest BCUT2D eigenvalue weighted by Crippen LogP contribution is -2.35. The van der Waals surface area contributed by atoms with Crippen LogP contribution in [0, 0.1) is 5.92 Å². The Balaban J connectivity index is 0.919. The van der Waals surface area contributed by atoms with Crippen molar-refractivity contribution < 1.29 is 14.2 Å². The first-order valence-corrected chi connectivity index (χ1v) is 15.8. The van der Waals surface area contributed by atoms with Crippen molar-refractivity contribution in [3.63, 3.8) is 0 Å². The number of rotatable bonds is 13. The molecule has 1 atom stereocenters. The number of ether oxygens (including phenoxy) is 3. The molecule has 2 aliphatic heterocycles. The largest absolute Gasteiger partial charge is 0.472 e. The minimum Gasteiger partial charge on any atom is -0.472 e. The van der Waals surface area contributed by atoms with Gasteiger partial charge in [-0.15, -0.1) is 11.3 Å². The molecule has 1 N–H and O–H groups in total. The van der Waals surface area contributed by atoms with Gasteiger partial charge in [-0.2, -0.15) is 0 Å². The van der Waals surface area contributed by atoms with Gasteiger partial charge < -0.3 is 19.1 Å². The van der Waals surface area contributed by atoms with Crippen LogP contribution in [-0.4, -0.2) is 73.2 Å². The summed E-state index contributed by atoms with van der Waals surface area (Å²) in [6.45, 7) is 8.55. The molecule has 8 heteroatoms. The molecule has 0 spiro atoms. The Morgan fingerprint density at radius 3 is 2.84 bits per heavy atom. The maximum atomic E-state index is 6.04. The number of thiazole rings is 1. The van der Waals surface area contributed by atoms with E-state index < -0.39 is 0 Å². The third kappa shape index (κ3) is 8.46. The minimum atomic E-state index is 0.163. The SMILES string of the molecule is CCc1ncc(CCOCNC2CCC(CCCN3CCc4ccc(OC5CCOC5)nc4CC3)CC2)s1. The van der Waals surface area contributed by atoms with Crippen molar-refractivity contribution in [2.24, 2.45) is 5.92 Å². The van der Waals surface area contributed by atoms with Crippen LogP contribution in [-0.2, 0) is 35.2 Å². The molecule has 2 aromatic rings. The molecule has 0 aromatic carbocycles. The summed E-state index contributed by atoms with van der Waals surface area (Å²) < 4.78 is 17.3. The lowest BCUT2D eigenvalue weighted by Gasteiger charge is -2.30. The zero-order valence-corrected chi connectivity index (χ0v) is 24.0. The van der Waals surface area contributed by atoms with Gasteiger partial charge in [0, 0.05) is 61.2 Å². The van der Waals surface area contributed by atoms with Crippen molar-refractivity contribution in [1.82, 2.24) is 20.2 Å². The maximum absolute atomic E-state index is 6.04. The molecule has 1 aliphatic carbocycles. The van der Waals surface area contributed by atoms with Crippen molar-refractivity contribution in [1.29, 1.82) is 0 Å². The Morgan fingerprint density at radius 2 is 2.03 bits per heavy atom. The number of hydrogen-bond acceptors (Lipinski definition) is 8. The van der Waals surface area contributed by atoms with Crippen molar-refractivity contribution in [2.75, 3.05) is 46.2 Å². The lowest BCUT2D eigenvalue weighted by atomic mass is 9.83. The Labute approximate surface area is 232 Å². The van der Waals surface area contributed by atoms with Crippen LogP contribution in [0.2, 0.25) is 0 Å². The second-order valence-electron chi connectivity index (χ2n) is 11.1. The molecule has 0 amide bonds. The average molecular weight is 543 g/mol. The van der Waals surface area contributed by atoms with Crippen LogP contribution in [0.1, 0.15) is 73.0 Å². The van der Waals surface area contributed by atoms with E-state index in [0.717, 1.165) is 70.2 Å². The summed E-state index contributed by atoms with van der Waals surface area (Å²) in [5.41, 5.74) is 2.62. The predicted octanol–water partition coefficient (Wildman–Crippen LogP) is 4.81. The van der Waals surface area contributed by atoms with Crippen molar-refractivity contribution in [3.05, 3.63) is 39.5 Å². The number of pyridine rings is 1. The summed E-state index contributed by atoms with van der Waals surface area (Å²) in [5, 5.41) is 4.85. The van der Waals surface area contributed by atoms with Crippen molar-refractivity contribution >= 4 is 11.3 Å². The van der Waals surface area contributed by atoms with Gasteiger partial charge in [0.15, 0.2) is 0 Å². The van der Waals surface area contributed by atoms with Gasteiger partial charge in [0.25, 0.3) is 0 Å². The normalized spacial score (nSPS) is 24.3. The summed E-state index contributed by atoms with van der Waals surface area (Å²) in [5.74, 6) is 1.66. The third-order valence-electron chi connectivity index (χ3n) is 8.38. The minimum absolute atomic E-state index is 0.163. The number of aryl methyl sites for hydroxylation is 1. The quantitative estimate of drug-likeness (QED) is 0.288. The van der Waals surface area contributed by atoms with Gasteiger partial charge in [-0.1, -0.05) is 13.0 Å². The molecule has 1 saturated carbocycles. The molecular formula is C30H46N4O3S. The molecule has 210 valence electrons. The van der Waals surface area contributed by atoms with Gasteiger partial charge in [0.05, 0.1) is 31.6 Å². The number of nitrogens with one attached hydrogen (secondary N) is 1. The fraction of sp³-hybridized carbons (Fsp3) is 0.733. The van der Waals surface area contributed by atoms with Gasteiger partial charge in [0.1, 0.15) is 6.10 Å². The number of nitrogens with zero attached hydrogens (tertiary/aromatic N) is 3. The van der Waals surface area contributed by atoms with E-state index >= 15 is 0 Å². The van der Waals surface area contributed by atoms with Gasteiger partial charge >= 0.3 is 0 Å². The van der Waals surface area contributed by atoms with Gasteiger partial charge in [-0.3, -0.25) is 5.32 Å². The number of aromatic nitrogens is 2. The van der Waals surface area contributed by atoms with Gasteiger partial charge in [-0.05, 0) is 69.4 Å². The highest BCUT2D eigenvalue weighted by Gasteiger charge is 2.22. The zero-order chi connectivity index (χ0) is 26.0. The first kappa shape index (κ1) is 28.0. The molecule has 2 aromatic heterocycles. The van der Waals surface area contributed by atoms with E-state index in [2.05, 4.69) is 34.3 Å². The maximum Gasteiger partial charge on any atom is 0.213 e. The van der Waals surface area contributed by atoms with Crippen molar-refractivity contribution in [3.8, 4) is 5.88 Å². The topological polar surface area (TPSA) is 68.7 Å². The highest BCUT2D eigenvalue weighted by molar-refractivity contribution is 7.11. The molecule has 3 aliphatic rings. The Morgan fingerprint density at radius 1 is 1.13 bits per heavy atom. The summed E-state index contributed by atoms with van der Waals surface area (Å²) in [7, 11) is 0. The fourth-order valence-electron chi connectivity index (χ4n) is 5.98. The van der Waals surface area contributed by atoms with E-state index in [4.69, 9.17) is 19.2 Å². The number of fused-ring (bicyclic) bond motifs is 1. The monoisotopic (exact) mass is 542 g/mol. The lowest BCUT2D eigenvalue weighted by molar-refractivity contribution is 0.102. The molecule has 0 bridgehead atoms. The van der Waals surface area contributed by atoms with E-state index in [1.165, 1.54) is 66.2 Å². The van der Waals surface area contributed by atoms with E-state index in [0.29, 0.717) is 19.4 Å². The highest BCUT2D eigenvalue weighted by atomic mass is 32.1. The third-order valence-corrected chi connectivity index (χ3v) is 9.59. The van der Waals surface area contributed by atoms with Crippen LogP contribution in [0.25, 0.3) is 0 Å². The van der Waals surface area contributed by atoms with E-state index in [9.17, 15) is 0 Å². The summed E-state index contributed by atoms with van der Waals surface area (Å²) in [4.78, 5) is 13.3. The first-order chi connectivity index (χ1) is 18.7. The smallest absolute Gasteiger partial charge is 0.213 e. The molecule has 4 heterocycles. The standard InChI is InChI=1S/C30H46N4O3S/c1-2-30-31-20-27(38-30)14-19-36-22-32-25-8-5-23(6-9-25)4-3-15-34-16-11-24-7-10-29(33-28(24)12-17-34)37-26-13-18-35-21-26/h7,10,20,23,25-26,32H,2-6,8-9,11-19,21-22H2,1H3. The van der Waals surface area contributed by atoms with Crippen LogP contribution in [0.5, 0.6) is 5.88 Å². The molecule has 7 nitrogen and oxygen atoms in total. The Bertz CT molecular complexity index is 972. The van der Waals surface area contributed by atoms with E-state index in [-0.39, 0.29) is 6.10 Å². The van der Waals surface area contributed by atoms with Gasteiger partial charge in [0.2, 0.25) is 5.88 Å². The highest BCUT2D eigenvalue weighted by Crippen LogP contribution is 2.28. The van der Waals surface area contributed by atoms with Crippen LogP contribution in [0.3, 0.4) is 0 Å². The summed E-state index contributed by atoms with van der Waals surface area (Å²) in [6, 6.07) is 4.90. The molecule has 0 radical (unpaired) electrons. The molecule has 1 saturated heterocycles. The summed E-state index contributed by atoms with van der Waals surface area (Å²) >= 11 is 1.81. The van der Waals surface area contributed by atoms with Crippen LogP contribution >= 0.6 is 11.3 Å². The zero-order valence-electron chi connectivity index (χ0n) is 23.2. The second kappa shape index (κ2) is 14.7. The van der Waals surface area contributed by atoms with E-state index in [1.807, 2.05) is 17.5 Å². The predicted molar refractivity (Wildman–Crippen MR) is 152 cm³/mol. The fourth-order valence-corrected chi connectivity index (χ4v) is 6.83.